The van der Waals surface area contributed by atoms with Crippen LogP contribution >= 0.6 is 67.0 Å². The molecule has 0 aliphatic carbocycles. The molecule has 8 aromatic heterocycles. The molecule has 5 N–H and O–H groups in total. The zero-order valence-electron chi connectivity index (χ0n) is 51.5. The number of nitrogens with two attached hydrogens (primary N) is 1. The third-order valence-electron chi connectivity index (χ3n) is 14.2. The minimum Gasteiger partial charge on any atom is -1.00 e. The van der Waals surface area contributed by atoms with Crippen molar-refractivity contribution in [2.75, 3.05) is 42.9 Å². The van der Waals surface area contributed by atoms with Gasteiger partial charge in [0.2, 0.25) is 40.9 Å². The molecular weight excluding hydrogens is 1520 g/mol. The van der Waals surface area contributed by atoms with Gasteiger partial charge in [0.05, 0.1) is 48.5 Å². The summed E-state index contributed by atoms with van der Waals surface area (Å²) in [5, 5.41) is 25.3. The number of oxime groups is 2. The van der Waals surface area contributed by atoms with E-state index in [1.165, 1.54) is 28.4 Å². The van der Waals surface area contributed by atoms with Crippen molar-refractivity contribution in [2.24, 2.45) is 10.3 Å². The van der Waals surface area contributed by atoms with Crippen LogP contribution in [0.3, 0.4) is 0 Å². The van der Waals surface area contributed by atoms with E-state index in [1.807, 2.05) is 80.6 Å². The van der Waals surface area contributed by atoms with Crippen molar-refractivity contribution in [1.82, 2.24) is 68.2 Å². The van der Waals surface area contributed by atoms with Crippen molar-refractivity contribution in [1.29, 1.82) is 0 Å². The molecule has 0 bridgehead atoms. The molecule has 4 aliphatic heterocycles. The fourth-order valence-corrected chi connectivity index (χ4v) is 14.2. The largest absolute Gasteiger partial charge is 1.00 e. The number of amides is 5. The van der Waals surface area contributed by atoms with E-state index in [1.54, 1.807) is 63.2 Å². The number of carbonyl (C=O) groups is 7. The van der Waals surface area contributed by atoms with Gasteiger partial charge in [0.25, 0.3) is 37.4 Å². The summed E-state index contributed by atoms with van der Waals surface area (Å²) in [5.74, 6) is -5.43. The fourth-order valence-electron chi connectivity index (χ4n) is 10.2. The van der Waals surface area contributed by atoms with Crippen LogP contribution in [0.5, 0.6) is 0 Å². The first-order chi connectivity index (χ1) is 46.2. The van der Waals surface area contributed by atoms with Gasteiger partial charge in [-0.05, 0) is 85.9 Å². The Morgan fingerprint density at radius 3 is 1.67 bits per heavy atom. The van der Waals surface area contributed by atoms with E-state index < -0.39 is 103 Å². The molecular formula is C56H54BClF2IN20O12PS4. The number of β-lactam (4-membered cyclic amide) rings is 2. The van der Waals surface area contributed by atoms with Crippen LogP contribution in [0.2, 0.25) is 0 Å². The van der Waals surface area contributed by atoms with Gasteiger partial charge in [-0.25, -0.2) is 27.5 Å². The molecule has 5 atom stereocenters. The second-order valence-corrected chi connectivity index (χ2v) is 26.8. The number of hydrogen-bond donors (Lipinski definition) is 4. The highest BCUT2D eigenvalue weighted by Gasteiger charge is 2.56. The Bertz CT molecular complexity index is 4480. The fraction of sp³-hybridized carbons (Fsp3) is 0.304. The summed E-state index contributed by atoms with van der Waals surface area (Å²) in [7, 11) is 4.24. The number of aromatic nitrogens is 12. The summed E-state index contributed by atoms with van der Waals surface area (Å²) in [5.41, 5.74) is 9.17. The highest BCUT2D eigenvalue weighted by molar-refractivity contribution is 8.00. The lowest BCUT2D eigenvalue weighted by atomic mass is 10.0. The standard InChI is InChI=1S/C31H31BFN10O7PS2.C25H21FN10O5S2.ClH.HI/c1-31(2,3)49-30(47)38-29-37-23(40-53-29)20(39-48-15-33)25(44)36-21-26(45)43-22(28(46)50-51(4)32)17(14-52-27(21)43)12-41-11-7-9-19-24(41)35-16-42(19)13-18-8-5-6-10-34-18;26-11-41-32-16(19-31-25(27)43-33-19)21(37)30-17-22(38)36-18(24(39)40)13(10-42-23(17)36)8-34-7-3-5-15-20(34)29-12-35(15)9-14-4-1-2-6-28-14;;/h5-11,16,21,27H,12-15H2,1-4H3,(H-,36,37,38,40,44,47);1-7,12,17,23H,8-11H2,(H3-,27,30,31,33,37,39,40);2*1H/b39-20-;32-16-;;. The molecule has 2 saturated heterocycles. The lowest BCUT2D eigenvalue weighted by Crippen LogP contribution is -3.00. The zero-order chi connectivity index (χ0) is 67.9. The Kier molecular flexibility index (Phi) is 24.0. The summed E-state index contributed by atoms with van der Waals surface area (Å²) in [4.78, 5) is 128. The Labute approximate surface area is 596 Å². The molecule has 0 aromatic carbocycles. The zero-order valence-corrected chi connectivity index (χ0v) is 58.7. The smallest absolute Gasteiger partial charge is 0.414 e. The Morgan fingerprint density at radius 2 is 1.22 bits per heavy atom. The lowest BCUT2D eigenvalue weighted by molar-refractivity contribution is -0.665. The summed E-state index contributed by atoms with van der Waals surface area (Å²) >= 11 is 4.09. The number of carbonyl (C=O) groups excluding carboxylic acids is 7. The van der Waals surface area contributed by atoms with Gasteiger partial charge in [-0.15, -0.1) is 35.9 Å². The third-order valence-corrected chi connectivity index (χ3v) is 18.5. The van der Waals surface area contributed by atoms with Crippen LogP contribution in [0, 0.1) is 0 Å². The van der Waals surface area contributed by atoms with Crippen LogP contribution in [0.25, 0.3) is 22.3 Å². The van der Waals surface area contributed by atoms with Crippen molar-refractivity contribution in [2.45, 2.75) is 75.4 Å². The predicted molar refractivity (Wildman–Crippen MR) is 349 cm³/mol. The average Bonchev–Trinajstić information content (AvgIpc) is 0.934. The van der Waals surface area contributed by atoms with E-state index in [0.29, 0.717) is 47.1 Å². The molecule has 98 heavy (non-hydrogen) atoms. The maximum absolute atomic E-state index is 13.7. The van der Waals surface area contributed by atoms with Gasteiger partial charge in [-0.1, -0.05) is 22.4 Å². The highest BCUT2D eigenvalue weighted by atomic mass is 127. The number of nitrogens with one attached hydrogen (secondary N) is 3. The molecule has 4 aliphatic rings. The van der Waals surface area contributed by atoms with E-state index in [9.17, 15) is 47.4 Å². The van der Waals surface area contributed by atoms with Crippen molar-refractivity contribution in [3.05, 3.63) is 144 Å². The van der Waals surface area contributed by atoms with Crippen LogP contribution in [0.15, 0.2) is 131 Å². The SMILES string of the molecule is Cl.Nc1nc(/C(=N/OCF)C(=O)NC2C(=O)N3C(C(=O)[O-])=C(C[n+]4cccc5c4ncn5Cc4ccccn4)CSC23)ns1.[B]P(C)OC(=O)C1=C(C[n+]2cccc3c2ncn3Cc2ccccn2)CSC2C(NC(=O)/C(=N\OCF)c3nsc(NC(=O)OC(C)(C)C)n3)C(=O)N12.[I-]. The molecule has 8 aromatic rings. The van der Waals surface area contributed by atoms with Crippen LogP contribution in [0.1, 0.15) is 43.8 Å². The van der Waals surface area contributed by atoms with Gasteiger partial charge in [-0.3, -0.25) is 53.4 Å². The van der Waals surface area contributed by atoms with Crippen LogP contribution < -0.4 is 59.9 Å². The molecule has 42 heteroatoms. The number of anilines is 2. The second kappa shape index (κ2) is 32.2. The van der Waals surface area contributed by atoms with Gasteiger partial charge in [-0.2, -0.15) is 18.7 Å². The monoisotopic (exact) mass is 1570 g/mol. The Hall–Kier alpha value is -8.96. The van der Waals surface area contributed by atoms with Crippen LogP contribution in [0.4, 0.5) is 23.8 Å². The number of carboxylic acid groups (broad SMARTS) is 1. The lowest BCUT2D eigenvalue weighted by Gasteiger charge is -2.50. The molecule has 5 amide bonds. The normalized spacial score (nSPS) is 17.7. The molecule has 0 saturated carbocycles. The van der Waals surface area contributed by atoms with Gasteiger partial charge in [0.15, 0.2) is 12.7 Å². The number of alkyl halides is 2. The molecule has 12 heterocycles. The first-order valence-electron chi connectivity index (χ1n) is 28.5. The van der Waals surface area contributed by atoms with E-state index in [0.717, 1.165) is 38.9 Å². The average molecular weight is 1570 g/mol. The number of nitrogens with zero attached hydrogens (tertiary/aromatic N) is 16. The summed E-state index contributed by atoms with van der Waals surface area (Å²) < 4.78 is 51.6. The number of thioether (sulfide) groups is 2. The topological polar surface area (TPSA) is 394 Å². The van der Waals surface area contributed by atoms with E-state index in [-0.39, 0.29) is 94.3 Å². The number of fused-ring (bicyclic) bond motifs is 4. The number of pyridine rings is 4. The molecule has 2 radical (unpaired) electrons. The van der Waals surface area contributed by atoms with Gasteiger partial charge >= 0.3 is 23.4 Å². The van der Waals surface area contributed by atoms with E-state index in [4.69, 9.17) is 22.6 Å². The van der Waals surface area contributed by atoms with Crippen molar-refractivity contribution < 1.29 is 99.5 Å². The minimum atomic E-state index is -1.63. The Balaban J connectivity index is 0.000000229. The first-order valence-corrected chi connectivity index (χ1v) is 33.9. The molecule has 12 rings (SSSR count). The van der Waals surface area contributed by atoms with Gasteiger partial charge < -0.3 is 69.2 Å². The van der Waals surface area contributed by atoms with Crippen molar-refractivity contribution >= 4 is 160 Å². The maximum Gasteiger partial charge on any atom is 0.414 e. The second-order valence-electron chi connectivity index (χ2n) is 21.8. The number of aliphatic carboxylic acids is 1. The highest BCUT2D eigenvalue weighted by Crippen LogP contribution is 2.43. The number of ether oxygens (including phenoxy) is 1. The Morgan fingerprint density at radius 1 is 0.735 bits per heavy atom. The van der Waals surface area contributed by atoms with Gasteiger partial charge in [0.1, 0.15) is 58.3 Å². The van der Waals surface area contributed by atoms with E-state index in [2.05, 4.69) is 74.6 Å². The van der Waals surface area contributed by atoms with Crippen LogP contribution in [-0.2, 0) is 73.9 Å². The predicted octanol–water partition coefficient (Wildman–Crippen LogP) is -1.00. The van der Waals surface area contributed by atoms with Gasteiger partial charge in [0, 0.05) is 66.1 Å². The van der Waals surface area contributed by atoms with Crippen molar-refractivity contribution in [3.63, 3.8) is 0 Å². The number of carboxylic acids is 1. The molecule has 5 unspecified atom stereocenters. The molecule has 510 valence electrons. The summed E-state index contributed by atoms with van der Waals surface area (Å²) in [6, 6.07) is 16.6. The molecule has 0 spiro atoms. The third kappa shape index (κ3) is 16.4. The first kappa shape index (κ1) is 73.3. The van der Waals surface area contributed by atoms with Crippen molar-refractivity contribution in [3.8, 4) is 0 Å². The summed E-state index contributed by atoms with van der Waals surface area (Å²) in [6.45, 7) is 5.24. The summed E-state index contributed by atoms with van der Waals surface area (Å²) in [6.07, 6.45) is 9.63. The quantitative estimate of drug-likeness (QED) is 0.0120. The molecule has 32 nitrogen and oxygen atoms in total. The number of nitrogen functional groups attached to an aromatic ring is 1. The minimum absolute atomic E-state index is 0. The number of hydrogen-bond acceptors (Lipinski definition) is 27. The van der Waals surface area contributed by atoms with E-state index >= 15 is 0 Å². The maximum atomic E-state index is 13.7. The number of rotatable bonds is 22. The number of halogens is 4. The molecule has 2 fully saturated rings. The number of imidazole rings is 2. The van der Waals surface area contributed by atoms with Crippen LogP contribution in [-0.4, -0.2) is 179 Å².